The lowest BCUT2D eigenvalue weighted by atomic mass is 9.80. The minimum Gasteiger partial charge on any atom is -0.312 e. The fourth-order valence-corrected chi connectivity index (χ4v) is 5.64. The summed E-state index contributed by atoms with van der Waals surface area (Å²) in [6.45, 7) is 2.15. The van der Waals surface area contributed by atoms with Crippen molar-refractivity contribution in [3.05, 3.63) is 73.1 Å². The molecule has 1 unspecified atom stereocenters. The molecule has 3 aliphatic carbocycles. The molecule has 3 aliphatic rings. The zero-order chi connectivity index (χ0) is 24.1. The van der Waals surface area contributed by atoms with E-state index in [1.54, 1.807) is 28.1 Å². The number of halogens is 1. The Morgan fingerprint density at radius 2 is 2.03 bits per heavy atom. The molecule has 0 saturated heterocycles. The molecule has 2 bridgehead atoms. The highest BCUT2D eigenvalue weighted by Crippen LogP contribution is 2.57. The first-order chi connectivity index (χ1) is 17.6. The normalized spacial score (nSPS) is 22.8. The lowest BCUT2D eigenvalue weighted by Crippen LogP contribution is -2.30. The van der Waals surface area contributed by atoms with Gasteiger partial charge in [-0.15, -0.1) is 5.10 Å². The molecule has 0 aromatic carbocycles. The number of nitrogens with one attached hydrogen (secondary N) is 1. The Morgan fingerprint density at radius 1 is 1.08 bits per heavy atom. The first-order valence-electron chi connectivity index (χ1n) is 12.2. The van der Waals surface area contributed by atoms with Crippen molar-refractivity contribution in [3.8, 4) is 16.9 Å². The Bertz CT molecular complexity index is 1510. The highest BCUT2D eigenvalue weighted by atomic mass is 19.1. The van der Waals surface area contributed by atoms with Crippen LogP contribution in [-0.2, 0) is 13.1 Å². The monoisotopic (exact) mass is 484 g/mol. The maximum absolute atomic E-state index is 14.1. The van der Waals surface area contributed by atoms with Gasteiger partial charge >= 0.3 is 0 Å². The van der Waals surface area contributed by atoms with Gasteiger partial charge in [0.25, 0.3) is 0 Å². The summed E-state index contributed by atoms with van der Waals surface area (Å²) >= 11 is 0. The van der Waals surface area contributed by atoms with E-state index in [0.29, 0.717) is 18.4 Å². The fourth-order valence-electron chi connectivity index (χ4n) is 5.64. The van der Waals surface area contributed by atoms with Crippen molar-refractivity contribution in [3.63, 3.8) is 0 Å². The van der Waals surface area contributed by atoms with Crippen molar-refractivity contribution in [2.45, 2.75) is 38.0 Å². The number of rotatable bonds is 8. The number of pyridine rings is 2. The summed E-state index contributed by atoms with van der Waals surface area (Å²) in [7, 11) is 0. The lowest BCUT2D eigenvalue weighted by Gasteiger charge is -2.30. The predicted octanol–water partition coefficient (Wildman–Crippen LogP) is 2.84. The van der Waals surface area contributed by atoms with E-state index in [0.717, 1.165) is 60.6 Å². The number of aromatic nitrogens is 9. The molecule has 3 saturated carbocycles. The van der Waals surface area contributed by atoms with Crippen molar-refractivity contribution in [2.75, 3.05) is 6.54 Å². The maximum Gasteiger partial charge on any atom is 0.138 e. The zero-order valence-electron chi connectivity index (χ0n) is 19.6. The van der Waals surface area contributed by atoms with E-state index in [2.05, 4.69) is 43.0 Å². The van der Waals surface area contributed by atoms with E-state index in [9.17, 15) is 4.39 Å². The van der Waals surface area contributed by atoms with Gasteiger partial charge in [-0.05, 0) is 55.3 Å². The lowest BCUT2D eigenvalue weighted by molar-refractivity contribution is 0.0738. The molecule has 10 nitrogen and oxygen atoms in total. The molecule has 182 valence electrons. The molecular formula is C25H25FN10. The van der Waals surface area contributed by atoms with Crippen LogP contribution >= 0.6 is 0 Å². The van der Waals surface area contributed by atoms with Gasteiger partial charge in [-0.1, -0.05) is 11.3 Å². The standard InChI is InChI=1S/C25H25FN10/c26-25-4-19(5-25)20(6-25)9-27-7-17-1-2-24-31-21(12-34(24)11-17)13-35-14-23(32-33-35)18-3-22(10-28-8-18)36-16-29-15-30-36/h1-3,8,10-12,14-16,19-20,27H,4-7,9,13H2. The van der Waals surface area contributed by atoms with Gasteiger partial charge in [-0.3, -0.25) is 4.98 Å². The largest absolute Gasteiger partial charge is 0.312 e. The van der Waals surface area contributed by atoms with Crippen LogP contribution in [0.5, 0.6) is 0 Å². The van der Waals surface area contributed by atoms with Gasteiger partial charge in [0.1, 0.15) is 29.7 Å². The van der Waals surface area contributed by atoms with Crippen LogP contribution in [0.3, 0.4) is 0 Å². The van der Waals surface area contributed by atoms with Crippen molar-refractivity contribution >= 4 is 5.65 Å². The number of hydrogen-bond donors (Lipinski definition) is 1. The van der Waals surface area contributed by atoms with Crippen molar-refractivity contribution in [1.82, 2.24) is 49.4 Å². The average Bonchev–Trinajstić information content (AvgIpc) is 3.68. The first-order valence-corrected chi connectivity index (χ1v) is 12.2. The number of alkyl halides is 1. The molecule has 0 spiro atoms. The third kappa shape index (κ3) is 3.95. The molecule has 8 rings (SSSR count). The molecule has 5 aromatic rings. The predicted molar refractivity (Wildman–Crippen MR) is 129 cm³/mol. The van der Waals surface area contributed by atoms with E-state index >= 15 is 0 Å². The molecule has 0 amide bonds. The number of nitrogens with zero attached hydrogens (tertiary/aromatic N) is 9. The quantitative estimate of drug-likeness (QED) is 0.361. The van der Waals surface area contributed by atoms with Crippen molar-refractivity contribution in [1.29, 1.82) is 0 Å². The van der Waals surface area contributed by atoms with Gasteiger partial charge in [0.15, 0.2) is 0 Å². The van der Waals surface area contributed by atoms with Crippen LogP contribution < -0.4 is 5.32 Å². The van der Waals surface area contributed by atoms with E-state index in [-0.39, 0.29) is 0 Å². The summed E-state index contributed by atoms with van der Waals surface area (Å²) in [5, 5.41) is 16.3. The first kappa shape index (κ1) is 21.3. The second kappa shape index (κ2) is 8.30. The zero-order valence-corrected chi connectivity index (χ0v) is 19.6. The SMILES string of the molecule is FC12CC(CNCc3ccc4nc(Cn5cc(-c6cncc(-n7cncn7)c6)nn5)cn4c3)C(C1)C2. The number of fused-ring (bicyclic) bond motifs is 2. The summed E-state index contributed by atoms with van der Waals surface area (Å²) < 4.78 is 19.6. The van der Waals surface area contributed by atoms with Crippen molar-refractivity contribution < 1.29 is 4.39 Å². The van der Waals surface area contributed by atoms with Crippen LogP contribution in [0.1, 0.15) is 30.5 Å². The Balaban J connectivity index is 1.01. The fraction of sp³-hybridized carbons (Fsp3) is 0.360. The second-order valence-corrected chi connectivity index (χ2v) is 10.0. The Hall–Kier alpha value is -3.99. The van der Waals surface area contributed by atoms with Gasteiger partial charge in [0.2, 0.25) is 0 Å². The minimum atomic E-state index is -0.854. The molecule has 1 N–H and O–H groups in total. The smallest absolute Gasteiger partial charge is 0.138 e. The van der Waals surface area contributed by atoms with Crippen LogP contribution in [0.25, 0.3) is 22.6 Å². The van der Waals surface area contributed by atoms with Gasteiger partial charge in [-0.2, -0.15) is 5.10 Å². The second-order valence-electron chi connectivity index (χ2n) is 10.0. The summed E-state index contributed by atoms with van der Waals surface area (Å²) in [6, 6.07) is 6.06. The molecule has 11 heteroatoms. The Labute approximate surface area is 206 Å². The van der Waals surface area contributed by atoms with Gasteiger partial charge < -0.3 is 9.72 Å². The molecule has 5 aromatic heterocycles. The summed E-state index contributed by atoms with van der Waals surface area (Å²) in [6.07, 6.45) is 14.8. The van der Waals surface area contributed by atoms with Crippen LogP contribution in [0.4, 0.5) is 4.39 Å². The maximum atomic E-state index is 14.1. The third-order valence-corrected chi connectivity index (χ3v) is 7.41. The average molecular weight is 485 g/mol. The van der Waals surface area contributed by atoms with E-state index in [1.165, 1.54) is 11.9 Å². The van der Waals surface area contributed by atoms with Crippen LogP contribution in [0, 0.1) is 11.8 Å². The summed E-state index contributed by atoms with van der Waals surface area (Å²) in [4.78, 5) is 13.0. The van der Waals surface area contributed by atoms with Crippen LogP contribution in [0.2, 0.25) is 0 Å². The van der Waals surface area contributed by atoms with E-state index < -0.39 is 5.67 Å². The topological polar surface area (TPSA) is 104 Å². The highest BCUT2D eigenvalue weighted by Gasteiger charge is 2.56. The molecule has 3 fully saturated rings. The van der Waals surface area contributed by atoms with Gasteiger partial charge in [-0.25, -0.2) is 23.7 Å². The molecule has 0 radical (unpaired) electrons. The highest BCUT2D eigenvalue weighted by molar-refractivity contribution is 5.59. The van der Waals surface area contributed by atoms with Crippen LogP contribution in [-0.4, -0.2) is 56.3 Å². The van der Waals surface area contributed by atoms with Crippen molar-refractivity contribution in [2.24, 2.45) is 11.8 Å². The molecule has 1 atom stereocenters. The Morgan fingerprint density at radius 3 is 2.86 bits per heavy atom. The minimum absolute atomic E-state index is 0.479. The molecular weight excluding hydrogens is 459 g/mol. The Kier molecular flexibility index (Phi) is 4.91. The van der Waals surface area contributed by atoms with Gasteiger partial charge in [0.05, 0.1) is 30.3 Å². The van der Waals surface area contributed by atoms with Crippen LogP contribution in [0.15, 0.2) is 61.8 Å². The summed E-state index contributed by atoms with van der Waals surface area (Å²) in [5.74, 6) is 1.05. The van der Waals surface area contributed by atoms with E-state index in [1.807, 2.05) is 28.9 Å². The molecule has 0 aliphatic heterocycles. The van der Waals surface area contributed by atoms with Gasteiger partial charge in [0, 0.05) is 30.7 Å². The third-order valence-electron chi connectivity index (χ3n) is 7.41. The molecule has 36 heavy (non-hydrogen) atoms. The number of hydrogen-bond acceptors (Lipinski definition) is 7. The summed E-state index contributed by atoms with van der Waals surface area (Å²) in [5.41, 5.74) is 4.47. The number of imidazole rings is 1. The molecule has 5 heterocycles. The van der Waals surface area contributed by atoms with E-state index in [4.69, 9.17) is 4.98 Å².